The molecule has 0 aliphatic carbocycles. The van der Waals surface area contributed by atoms with Crippen LogP contribution in [-0.2, 0) is 11.3 Å². The number of nitrogens with one attached hydrogen (secondary N) is 1. The van der Waals surface area contributed by atoms with Crippen LogP contribution in [0.4, 0.5) is 5.69 Å². The molecule has 148 valence electrons. The molecule has 7 nitrogen and oxygen atoms in total. The van der Waals surface area contributed by atoms with E-state index in [-0.39, 0.29) is 12.3 Å². The molecule has 0 saturated carbocycles. The smallest absolute Gasteiger partial charge is 0.269 e. The third kappa shape index (κ3) is 3.48. The zero-order chi connectivity index (χ0) is 20.5. The average Bonchev–Trinajstić information content (AvgIpc) is 3.33. The van der Waals surface area contributed by atoms with Gasteiger partial charge >= 0.3 is 0 Å². The maximum Gasteiger partial charge on any atom is 0.269 e. The Morgan fingerprint density at radius 2 is 1.90 bits per heavy atom. The number of benzene rings is 2. The molecule has 0 spiro atoms. The highest BCUT2D eigenvalue weighted by molar-refractivity contribution is 7.71. The van der Waals surface area contributed by atoms with E-state index < -0.39 is 0 Å². The summed E-state index contributed by atoms with van der Waals surface area (Å²) in [5.74, 6) is 0.328. The Hall–Kier alpha value is -3.78. The Balaban J connectivity index is 1.31. The molecule has 0 aliphatic heterocycles. The van der Waals surface area contributed by atoms with Gasteiger partial charge in [0.1, 0.15) is 0 Å². The first-order chi connectivity index (χ1) is 14.7. The minimum absolute atomic E-state index is 0.126. The number of fused-ring (bicyclic) bond motifs is 2. The number of amides is 1. The molecule has 3 aromatic heterocycles. The molecule has 1 N–H and O–H groups in total. The summed E-state index contributed by atoms with van der Waals surface area (Å²) >= 11 is 5.28. The van der Waals surface area contributed by atoms with Crippen molar-refractivity contribution < 1.29 is 13.6 Å². The normalized spacial score (nSPS) is 11.2. The van der Waals surface area contributed by atoms with E-state index in [9.17, 15) is 4.79 Å². The molecule has 30 heavy (non-hydrogen) atoms. The van der Waals surface area contributed by atoms with Gasteiger partial charge in [0.05, 0.1) is 5.52 Å². The molecule has 0 bridgehead atoms. The fraction of sp³-hybridized carbons (Fsp3) is 0.0909. The van der Waals surface area contributed by atoms with E-state index in [4.69, 9.17) is 21.1 Å². The first-order valence-electron chi connectivity index (χ1n) is 9.37. The number of anilines is 1. The highest BCUT2D eigenvalue weighted by Gasteiger charge is 2.11. The first kappa shape index (κ1) is 18.3. The lowest BCUT2D eigenvalue weighted by Crippen LogP contribution is -2.14. The monoisotopic (exact) mass is 416 g/mol. The maximum atomic E-state index is 12.5. The van der Waals surface area contributed by atoms with Gasteiger partial charge in [-0.3, -0.25) is 9.36 Å². The number of para-hydroxylation sites is 2. The Morgan fingerprint density at radius 3 is 2.80 bits per heavy atom. The molecule has 5 rings (SSSR count). The summed E-state index contributed by atoms with van der Waals surface area (Å²) < 4.78 is 13.1. The van der Waals surface area contributed by atoms with Crippen LogP contribution >= 0.6 is 12.2 Å². The molecule has 0 unspecified atom stereocenters. The van der Waals surface area contributed by atoms with E-state index in [2.05, 4.69) is 15.3 Å². The fourth-order valence-corrected chi connectivity index (χ4v) is 3.56. The van der Waals surface area contributed by atoms with Crippen molar-refractivity contribution in [2.45, 2.75) is 13.0 Å². The number of rotatable bonds is 5. The molecule has 8 heteroatoms. The Bertz CT molecular complexity index is 1400. The Kier molecular flexibility index (Phi) is 4.61. The topological polar surface area (TPSA) is 86.1 Å². The lowest BCUT2D eigenvalue weighted by atomic mass is 10.2. The van der Waals surface area contributed by atoms with Crippen molar-refractivity contribution >= 4 is 46.1 Å². The SMILES string of the molecule is O=C(CCn1c(=S)oc2ccccc21)Nc1cccc(-c2nc3ncccc3o2)c1. The van der Waals surface area contributed by atoms with Gasteiger partial charge in [0.15, 0.2) is 16.8 Å². The summed E-state index contributed by atoms with van der Waals surface area (Å²) in [7, 11) is 0. The standard InChI is InChI=1S/C22H16N4O3S/c27-19(10-12-26-16-7-1-2-8-17(16)29-22(26)30)24-15-6-3-5-14(13-15)21-25-20-18(28-21)9-4-11-23-20/h1-9,11,13H,10,12H2,(H,24,27). The number of carbonyl (C=O) groups is 1. The molecule has 0 fully saturated rings. The molecule has 5 aromatic rings. The van der Waals surface area contributed by atoms with Crippen LogP contribution in [0.1, 0.15) is 6.42 Å². The summed E-state index contributed by atoms with van der Waals surface area (Å²) in [4.78, 5) is 21.4. The number of oxazole rings is 2. The molecule has 0 radical (unpaired) electrons. The van der Waals surface area contributed by atoms with Crippen molar-refractivity contribution in [3.05, 3.63) is 71.7 Å². The van der Waals surface area contributed by atoms with Crippen molar-refractivity contribution in [3.63, 3.8) is 0 Å². The lowest BCUT2D eigenvalue weighted by molar-refractivity contribution is -0.116. The highest BCUT2D eigenvalue weighted by atomic mass is 32.1. The molecular formula is C22H16N4O3S. The number of aryl methyl sites for hydroxylation is 1. The van der Waals surface area contributed by atoms with E-state index in [1.165, 1.54) is 0 Å². The maximum absolute atomic E-state index is 12.5. The molecule has 0 atom stereocenters. The van der Waals surface area contributed by atoms with Gasteiger partial charge < -0.3 is 14.2 Å². The highest BCUT2D eigenvalue weighted by Crippen LogP contribution is 2.25. The van der Waals surface area contributed by atoms with Crippen LogP contribution in [0.5, 0.6) is 0 Å². The Morgan fingerprint density at radius 1 is 1.03 bits per heavy atom. The number of nitrogens with zero attached hydrogens (tertiary/aromatic N) is 3. The molecule has 0 saturated heterocycles. The fourth-order valence-electron chi connectivity index (χ4n) is 3.29. The van der Waals surface area contributed by atoms with Gasteiger partial charge in [-0.15, -0.1) is 0 Å². The zero-order valence-electron chi connectivity index (χ0n) is 15.7. The van der Waals surface area contributed by atoms with Gasteiger partial charge in [-0.05, 0) is 54.7 Å². The third-order valence-electron chi connectivity index (χ3n) is 4.69. The van der Waals surface area contributed by atoms with Crippen LogP contribution in [-0.4, -0.2) is 20.4 Å². The molecular weight excluding hydrogens is 400 g/mol. The quantitative estimate of drug-likeness (QED) is 0.397. The number of carbonyl (C=O) groups excluding carboxylic acids is 1. The largest absolute Gasteiger partial charge is 0.434 e. The van der Waals surface area contributed by atoms with Crippen molar-refractivity contribution in [3.8, 4) is 11.5 Å². The van der Waals surface area contributed by atoms with Crippen LogP contribution in [0.3, 0.4) is 0 Å². The molecule has 3 heterocycles. The van der Waals surface area contributed by atoms with Gasteiger partial charge in [0, 0.05) is 30.4 Å². The van der Waals surface area contributed by atoms with E-state index >= 15 is 0 Å². The van der Waals surface area contributed by atoms with Crippen LogP contribution in [0.15, 0.2) is 75.7 Å². The minimum atomic E-state index is -0.126. The summed E-state index contributed by atoms with van der Waals surface area (Å²) in [5.41, 5.74) is 4.17. The van der Waals surface area contributed by atoms with Crippen LogP contribution in [0.25, 0.3) is 33.8 Å². The summed E-state index contributed by atoms with van der Waals surface area (Å²) in [6, 6.07) is 18.5. The second kappa shape index (κ2) is 7.57. The van der Waals surface area contributed by atoms with Gasteiger partial charge in [0.2, 0.25) is 11.8 Å². The lowest BCUT2D eigenvalue weighted by Gasteiger charge is -2.07. The molecule has 0 aliphatic rings. The van der Waals surface area contributed by atoms with Gasteiger partial charge in [-0.25, -0.2) is 4.98 Å². The minimum Gasteiger partial charge on any atom is -0.434 e. The van der Waals surface area contributed by atoms with E-state index in [1.807, 2.05) is 59.2 Å². The molecule has 2 aromatic carbocycles. The summed E-state index contributed by atoms with van der Waals surface area (Å²) in [6.45, 7) is 0.429. The number of pyridine rings is 1. The summed E-state index contributed by atoms with van der Waals surface area (Å²) in [5, 5.41) is 2.91. The molecule has 1 amide bonds. The van der Waals surface area contributed by atoms with E-state index in [0.29, 0.717) is 39.8 Å². The van der Waals surface area contributed by atoms with Crippen molar-refractivity contribution in [2.75, 3.05) is 5.32 Å². The Labute approximate surface area is 176 Å². The third-order valence-corrected chi connectivity index (χ3v) is 5.00. The van der Waals surface area contributed by atoms with Crippen molar-refractivity contribution in [1.29, 1.82) is 0 Å². The van der Waals surface area contributed by atoms with Gasteiger partial charge in [0.25, 0.3) is 4.84 Å². The van der Waals surface area contributed by atoms with Crippen LogP contribution in [0.2, 0.25) is 0 Å². The average molecular weight is 416 g/mol. The van der Waals surface area contributed by atoms with Crippen molar-refractivity contribution in [2.24, 2.45) is 0 Å². The van der Waals surface area contributed by atoms with Gasteiger partial charge in [-0.1, -0.05) is 18.2 Å². The van der Waals surface area contributed by atoms with Crippen molar-refractivity contribution in [1.82, 2.24) is 14.5 Å². The first-order valence-corrected chi connectivity index (χ1v) is 9.78. The second-order valence-corrected chi connectivity index (χ2v) is 7.06. The van der Waals surface area contributed by atoms with E-state index in [1.54, 1.807) is 12.3 Å². The van der Waals surface area contributed by atoms with E-state index in [0.717, 1.165) is 11.1 Å². The predicted molar refractivity (Wildman–Crippen MR) is 116 cm³/mol. The summed E-state index contributed by atoms with van der Waals surface area (Å²) in [6.07, 6.45) is 1.93. The number of aromatic nitrogens is 3. The van der Waals surface area contributed by atoms with Crippen LogP contribution in [0, 0.1) is 4.84 Å². The number of hydrogen-bond acceptors (Lipinski definition) is 6. The number of hydrogen-bond donors (Lipinski definition) is 1. The predicted octanol–water partition coefficient (Wildman–Crippen LogP) is 5.20. The zero-order valence-corrected chi connectivity index (χ0v) is 16.6. The van der Waals surface area contributed by atoms with Crippen LogP contribution < -0.4 is 5.32 Å². The van der Waals surface area contributed by atoms with Gasteiger partial charge in [-0.2, -0.15) is 4.98 Å². The second-order valence-electron chi connectivity index (χ2n) is 6.71.